The Balaban J connectivity index is 1.52. The van der Waals surface area contributed by atoms with E-state index >= 15 is 0 Å². The summed E-state index contributed by atoms with van der Waals surface area (Å²) in [6, 6.07) is 10.6. The van der Waals surface area contributed by atoms with Gasteiger partial charge in [0.2, 0.25) is 5.92 Å². The first-order valence-corrected chi connectivity index (χ1v) is 9.26. The number of hydrogen-bond acceptors (Lipinski definition) is 2. The van der Waals surface area contributed by atoms with Crippen molar-refractivity contribution in [3.8, 4) is 0 Å². The fourth-order valence-electron chi connectivity index (χ4n) is 4.33. The van der Waals surface area contributed by atoms with Crippen LogP contribution in [0.4, 0.5) is 8.78 Å². The number of rotatable bonds is 4. The second kappa shape index (κ2) is 7.09. The van der Waals surface area contributed by atoms with Crippen LogP contribution in [0.2, 0.25) is 0 Å². The van der Waals surface area contributed by atoms with Crippen LogP contribution >= 0.6 is 0 Å². The van der Waals surface area contributed by atoms with E-state index in [1.54, 1.807) is 0 Å². The molecule has 1 saturated heterocycles. The summed E-state index contributed by atoms with van der Waals surface area (Å²) in [5.74, 6) is -2.04. The molecule has 1 aromatic rings. The first-order valence-electron chi connectivity index (χ1n) is 9.26. The number of piperazine rings is 1. The second-order valence-corrected chi connectivity index (χ2v) is 8.03. The molecule has 0 bridgehead atoms. The number of benzene rings is 1. The summed E-state index contributed by atoms with van der Waals surface area (Å²) in [7, 11) is 0. The van der Waals surface area contributed by atoms with E-state index in [9.17, 15) is 8.78 Å². The van der Waals surface area contributed by atoms with E-state index in [2.05, 4.69) is 54.0 Å². The van der Waals surface area contributed by atoms with Gasteiger partial charge in [0.1, 0.15) is 0 Å². The Hall–Kier alpha value is -1.00. The Bertz CT molecular complexity index is 512. The van der Waals surface area contributed by atoms with Crippen LogP contribution in [0.15, 0.2) is 30.3 Å². The maximum absolute atomic E-state index is 13.4. The van der Waals surface area contributed by atoms with Gasteiger partial charge in [0.25, 0.3) is 0 Å². The maximum atomic E-state index is 13.4. The lowest BCUT2D eigenvalue weighted by Crippen LogP contribution is -2.58. The third kappa shape index (κ3) is 4.15. The predicted octanol–water partition coefficient (Wildman–Crippen LogP) is 4.41. The minimum atomic E-state index is -2.43. The van der Waals surface area contributed by atoms with E-state index in [0.29, 0.717) is 18.8 Å². The molecule has 0 aromatic heterocycles. The lowest BCUT2D eigenvalue weighted by atomic mass is 9.74. The Morgan fingerprint density at radius 2 is 1.58 bits per heavy atom. The predicted molar refractivity (Wildman–Crippen MR) is 94.3 cm³/mol. The lowest BCUT2D eigenvalue weighted by Gasteiger charge is -2.49. The molecule has 24 heavy (non-hydrogen) atoms. The molecule has 134 valence electrons. The fraction of sp³-hybridized carbons (Fsp3) is 0.700. The highest BCUT2D eigenvalue weighted by molar-refractivity contribution is 5.14. The zero-order valence-electron chi connectivity index (χ0n) is 15.0. The summed E-state index contributed by atoms with van der Waals surface area (Å²) in [6.07, 6.45) is 1.44. The van der Waals surface area contributed by atoms with Crippen LogP contribution in [0.1, 0.15) is 45.1 Å². The molecular weight excluding hydrogens is 306 g/mol. The van der Waals surface area contributed by atoms with E-state index in [-0.39, 0.29) is 18.4 Å². The van der Waals surface area contributed by atoms with Crippen molar-refractivity contribution in [3.63, 3.8) is 0 Å². The molecule has 2 aliphatic rings. The van der Waals surface area contributed by atoms with E-state index in [1.807, 2.05) is 0 Å². The maximum Gasteiger partial charge on any atom is 0.248 e. The molecule has 1 saturated carbocycles. The van der Waals surface area contributed by atoms with Crippen LogP contribution in [0.5, 0.6) is 0 Å². The molecule has 4 heteroatoms. The van der Waals surface area contributed by atoms with Gasteiger partial charge in [-0.2, -0.15) is 0 Å². The van der Waals surface area contributed by atoms with Gasteiger partial charge in [-0.1, -0.05) is 30.3 Å². The van der Waals surface area contributed by atoms with Gasteiger partial charge in [-0.05, 0) is 38.2 Å². The van der Waals surface area contributed by atoms with E-state index in [0.717, 1.165) is 32.7 Å². The molecule has 3 rings (SSSR count). The van der Waals surface area contributed by atoms with Crippen molar-refractivity contribution in [2.45, 2.75) is 57.5 Å². The second-order valence-electron chi connectivity index (χ2n) is 8.03. The lowest BCUT2D eigenvalue weighted by molar-refractivity contribution is -0.0742. The van der Waals surface area contributed by atoms with Gasteiger partial charge in [-0.15, -0.1) is 0 Å². The molecule has 1 aromatic carbocycles. The van der Waals surface area contributed by atoms with Crippen molar-refractivity contribution >= 4 is 0 Å². The van der Waals surface area contributed by atoms with Gasteiger partial charge >= 0.3 is 0 Å². The Kier molecular flexibility index (Phi) is 5.26. The van der Waals surface area contributed by atoms with Gasteiger partial charge < -0.3 is 0 Å². The van der Waals surface area contributed by atoms with Crippen LogP contribution in [0.25, 0.3) is 0 Å². The SMILES string of the molecule is CC(C)(C1CCC(F)(F)CC1)N1CCN(Cc2ccccc2)CC1. The molecule has 1 heterocycles. The molecule has 0 atom stereocenters. The van der Waals surface area contributed by atoms with Crippen molar-refractivity contribution in [1.82, 2.24) is 9.80 Å². The van der Waals surface area contributed by atoms with Crippen molar-refractivity contribution in [3.05, 3.63) is 35.9 Å². The summed E-state index contributed by atoms with van der Waals surface area (Å²) < 4.78 is 26.9. The normalized spacial score (nSPS) is 24.2. The van der Waals surface area contributed by atoms with Gasteiger partial charge in [0, 0.05) is 51.1 Å². The Morgan fingerprint density at radius 3 is 2.17 bits per heavy atom. The molecule has 0 amide bonds. The average molecular weight is 336 g/mol. The summed E-state index contributed by atoms with van der Waals surface area (Å²) in [5.41, 5.74) is 1.38. The van der Waals surface area contributed by atoms with Crippen LogP contribution in [-0.2, 0) is 6.54 Å². The zero-order valence-corrected chi connectivity index (χ0v) is 15.0. The third-order valence-electron chi connectivity index (χ3n) is 6.15. The van der Waals surface area contributed by atoms with Crippen molar-refractivity contribution in [1.29, 1.82) is 0 Å². The average Bonchev–Trinajstić information content (AvgIpc) is 2.56. The number of hydrogen-bond donors (Lipinski definition) is 0. The minimum absolute atomic E-state index is 0.0232. The number of nitrogens with zero attached hydrogens (tertiary/aromatic N) is 2. The highest BCUT2D eigenvalue weighted by Crippen LogP contribution is 2.42. The third-order valence-corrected chi connectivity index (χ3v) is 6.15. The fourth-order valence-corrected chi connectivity index (χ4v) is 4.33. The molecule has 0 N–H and O–H groups in total. The summed E-state index contributed by atoms with van der Waals surface area (Å²) in [4.78, 5) is 5.03. The van der Waals surface area contributed by atoms with Crippen molar-refractivity contribution in [2.24, 2.45) is 5.92 Å². The molecule has 2 nitrogen and oxygen atoms in total. The summed E-state index contributed by atoms with van der Waals surface area (Å²) in [6.45, 7) is 9.70. The van der Waals surface area contributed by atoms with Crippen molar-refractivity contribution in [2.75, 3.05) is 26.2 Å². The van der Waals surface area contributed by atoms with Crippen LogP contribution in [0, 0.1) is 5.92 Å². The first kappa shape index (κ1) is 17.8. The summed E-state index contributed by atoms with van der Waals surface area (Å²) >= 11 is 0. The highest BCUT2D eigenvalue weighted by atomic mass is 19.3. The molecule has 0 unspecified atom stereocenters. The van der Waals surface area contributed by atoms with Gasteiger partial charge in [0.15, 0.2) is 0 Å². The Morgan fingerprint density at radius 1 is 1.00 bits per heavy atom. The van der Waals surface area contributed by atoms with Gasteiger partial charge in [-0.25, -0.2) is 8.78 Å². The smallest absolute Gasteiger partial charge is 0.248 e. The van der Waals surface area contributed by atoms with Crippen molar-refractivity contribution < 1.29 is 8.78 Å². The standard InChI is InChI=1S/C20H30F2N2/c1-19(2,18-8-10-20(21,22)11-9-18)24-14-12-23(13-15-24)16-17-6-4-3-5-7-17/h3-7,18H,8-16H2,1-2H3. The van der Waals surface area contributed by atoms with E-state index < -0.39 is 5.92 Å². The summed E-state index contributed by atoms with van der Waals surface area (Å²) in [5, 5.41) is 0. The topological polar surface area (TPSA) is 6.48 Å². The molecule has 1 aliphatic heterocycles. The van der Waals surface area contributed by atoms with Gasteiger partial charge in [0.05, 0.1) is 0 Å². The molecule has 0 radical (unpaired) electrons. The number of alkyl halides is 2. The zero-order chi connectivity index (χ0) is 17.2. The number of halogens is 2. The molecule has 0 spiro atoms. The van der Waals surface area contributed by atoms with E-state index in [4.69, 9.17) is 0 Å². The quantitative estimate of drug-likeness (QED) is 0.804. The molecule has 1 aliphatic carbocycles. The largest absolute Gasteiger partial charge is 0.297 e. The monoisotopic (exact) mass is 336 g/mol. The van der Waals surface area contributed by atoms with Crippen LogP contribution in [0.3, 0.4) is 0 Å². The van der Waals surface area contributed by atoms with Crippen LogP contribution < -0.4 is 0 Å². The first-order chi connectivity index (χ1) is 11.4. The van der Waals surface area contributed by atoms with Crippen LogP contribution in [-0.4, -0.2) is 47.4 Å². The van der Waals surface area contributed by atoms with Gasteiger partial charge in [-0.3, -0.25) is 9.80 Å². The highest BCUT2D eigenvalue weighted by Gasteiger charge is 2.43. The molecular formula is C20H30F2N2. The molecule has 2 fully saturated rings. The van der Waals surface area contributed by atoms with E-state index in [1.165, 1.54) is 5.56 Å². The Labute approximate surface area is 144 Å². The minimum Gasteiger partial charge on any atom is -0.297 e.